The molecule has 1 aliphatic carbocycles. The number of hydrogen-bond donors (Lipinski definition) is 1. The van der Waals surface area contributed by atoms with Gasteiger partial charge in [-0.1, -0.05) is 26.3 Å². The Morgan fingerprint density at radius 1 is 1.21 bits per heavy atom. The lowest BCUT2D eigenvalue weighted by atomic mass is 9.82. The van der Waals surface area contributed by atoms with E-state index in [0.717, 1.165) is 49.6 Å². The van der Waals surface area contributed by atoms with Gasteiger partial charge in [-0.25, -0.2) is 9.37 Å². The quantitative estimate of drug-likeness (QED) is 0.279. The molecule has 0 unspecified atom stereocenters. The van der Waals surface area contributed by atoms with Gasteiger partial charge in [-0.05, 0) is 74.5 Å². The summed E-state index contributed by atoms with van der Waals surface area (Å²) in [7, 11) is 0. The SMILES string of the molecule is CSc1cccc(Oc2ncc(F)cc2C(=O)CCCC2CCC(NC(=O)CC(C)C)CC2)c1. The van der Waals surface area contributed by atoms with E-state index in [4.69, 9.17) is 4.74 Å². The van der Waals surface area contributed by atoms with Crippen molar-refractivity contribution in [1.82, 2.24) is 10.3 Å². The minimum Gasteiger partial charge on any atom is -0.438 e. The highest BCUT2D eigenvalue weighted by Gasteiger charge is 2.23. The van der Waals surface area contributed by atoms with Gasteiger partial charge in [0.25, 0.3) is 0 Å². The van der Waals surface area contributed by atoms with Crippen molar-refractivity contribution < 1.29 is 18.7 Å². The second-order valence-corrected chi connectivity index (χ2v) is 10.4. The lowest BCUT2D eigenvalue weighted by molar-refractivity contribution is -0.122. The van der Waals surface area contributed by atoms with Crippen molar-refractivity contribution in [2.45, 2.75) is 76.2 Å². The van der Waals surface area contributed by atoms with Crippen LogP contribution in [-0.4, -0.2) is 29.0 Å². The molecule has 1 saturated carbocycles. The smallest absolute Gasteiger partial charge is 0.230 e. The van der Waals surface area contributed by atoms with Gasteiger partial charge in [-0.15, -0.1) is 11.8 Å². The first kappa shape index (κ1) is 26.2. The van der Waals surface area contributed by atoms with Crippen LogP contribution in [0.25, 0.3) is 0 Å². The maximum absolute atomic E-state index is 13.9. The second kappa shape index (κ2) is 12.9. The summed E-state index contributed by atoms with van der Waals surface area (Å²) in [6.07, 6.45) is 9.74. The fourth-order valence-corrected chi connectivity index (χ4v) is 4.87. The van der Waals surface area contributed by atoms with Crippen LogP contribution in [0.1, 0.15) is 75.6 Å². The van der Waals surface area contributed by atoms with Gasteiger partial charge in [0, 0.05) is 23.8 Å². The van der Waals surface area contributed by atoms with Gasteiger partial charge < -0.3 is 10.1 Å². The topological polar surface area (TPSA) is 68.3 Å². The first-order valence-corrected chi connectivity index (χ1v) is 13.4. The number of Topliss-reactive ketones (excluding diaryl/α,β-unsaturated/α-hetero) is 1. The standard InChI is InChI=1S/C27H35FN2O3S/c1-18(2)14-26(32)30-21-12-10-19(11-13-21)6-4-9-25(31)24-15-20(28)17-29-27(24)33-22-7-5-8-23(16-22)34-3/h5,7-8,15-19,21H,4,6,9-14H2,1-3H3,(H,30,32). The van der Waals surface area contributed by atoms with Crippen molar-refractivity contribution in [2.75, 3.05) is 6.26 Å². The van der Waals surface area contributed by atoms with Crippen molar-refractivity contribution >= 4 is 23.5 Å². The molecule has 0 spiro atoms. The third-order valence-corrected chi connectivity index (χ3v) is 6.92. The van der Waals surface area contributed by atoms with Gasteiger partial charge >= 0.3 is 0 Å². The Kier molecular flexibility index (Phi) is 9.93. The van der Waals surface area contributed by atoms with E-state index in [0.29, 0.717) is 30.4 Å². The Morgan fingerprint density at radius 2 is 1.97 bits per heavy atom. The highest BCUT2D eigenvalue weighted by molar-refractivity contribution is 7.98. The molecule has 0 aliphatic heterocycles. The Bertz CT molecular complexity index is 974. The molecule has 1 fully saturated rings. The number of rotatable bonds is 11. The molecule has 1 amide bonds. The van der Waals surface area contributed by atoms with E-state index in [-0.39, 0.29) is 29.2 Å². The van der Waals surface area contributed by atoms with Crippen LogP contribution in [0.2, 0.25) is 0 Å². The van der Waals surface area contributed by atoms with Crippen molar-refractivity contribution in [1.29, 1.82) is 0 Å². The number of pyridine rings is 1. The van der Waals surface area contributed by atoms with Crippen LogP contribution >= 0.6 is 11.8 Å². The molecule has 0 bridgehead atoms. The molecule has 0 saturated heterocycles. The van der Waals surface area contributed by atoms with Gasteiger partial charge in [0.05, 0.1) is 11.8 Å². The maximum Gasteiger partial charge on any atom is 0.230 e. The molecule has 0 radical (unpaired) electrons. The number of thioether (sulfide) groups is 1. The number of carbonyl (C=O) groups is 2. The molecule has 184 valence electrons. The molecule has 1 aromatic carbocycles. The number of halogens is 1. The van der Waals surface area contributed by atoms with Crippen LogP contribution in [0.15, 0.2) is 41.4 Å². The van der Waals surface area contributed by atoms with Crippen LogP contribution in [0.4, 0.5) is 4.39 Å². The van der Waals surface area contributed by atoms with Gasteiger partial charge in [-0.3, -0.25) is 9.59 Å². The molecule has 1 N–H and O–H groups in total. The van der Waals surface area contributed by atoms with Crippen molar-refractivity contribution in [3.05, 3.63) is 47.9 Å². The number of benzene rings is 1. The number of hydrogen-bond acceptors (Lipinski definition) is 5. The average molecular weight is 487 g/mol. The van der Waals surface area contributed by atoms with Crippen molar-refractivity contribution in [2.24, 2.45) is 11.8 Å². The zero-order chi connectivity index (χ0) is 24.5. The van der Waals surface area contributed by atoms with Crippen molar-refractivity contribution in [3.8, 4) is 11.6 Å². The molecular formula is C27H35FN2O3S. The maximum atomic E-state index is 13.9. The highest BCUT2D eigenvalue weighted by Crippen LogP contribution is 2.30. The first-order chi connectivity index (χ1) is 16.3. The summed E-state index contributed by atoms with van der Waals surface area (Å²) < 4.78 is 19.7. The summed E-state index contributed by atoms with van der Waals surface area (Å²) >= 11 is 1.59. The molecule has 7 heteroatoms. The summed E-state index contributed by atoms with van der Waals surface area (Å²) in [5.41, 5.74) is 0.186. The monoisotopic (exact) mass is 486 g/mol. The molecule has 5 nitrogen and oxygen atoms in total. The molecule has 1 aliphatic rings. The lowest BCUT2D eigenvalue weighted by Crippen LogP contribution is -2.38. The predicted octanol–water partition coefficient (Wildman–Crippen LogP) is 6.81. The molecular weight excluding hydrogens is 451 g/mol. The Hall–Kier alpha value is -2.41. The van der Waals surface area contributed by atoms with E-state index < -0.39 is 5.82 Å². The van der Waals surface area contributed by atoms with E-state index >= 15 is 0 Å². The van der Waals surface area contributed by atoms with Crippen LogP contribution in [0.5, 0.6) is 11.6 Å². The number of amides is 1. The van der Waals surface area contributed by atoms with E-state index in [1.54, 1.807) is 17.8 Å². The van der Waals surface area contributed by atoms with Crippen molar-refractivity contribution in [3.63, 3.8) is 0 Å². The fourth-order valence-electron chi connectivity index (χ4n) is 4.42. The number of aromatic nitrogens is 1. The molecule has 1 aromatic heterocycles. The molecule has 2 aromatic rings. The summed E-state index contributed by atoms with van der Waals surface area (Å²) in [5, 5.41) is 3.15. The Labute approximate surface area is 206 Å². The second-order valence-electron chi connectivity index (χ2n) is 9.49. The van der Waals surface area contributed by atoms with Crippen LogP contribution in [0, 0.1) is 17.7 Å². The molecule has 34 heavy (non-hydrogen) atoms. The summed E-state index contributed by atoms with van der Waals surface area (Å²) in [5.74, 6) is 1.07. The minimum atomic E-state index is -0.550. The van der Waals surface area contributed by atoms with Crippen LogP contribution in [-0.2, 0) is 4.79 Å². The molecule has 1 heterocycles. The lowest BCUT2D eigenvalue weighted by Gasteiger charge is -2.29. The van der Waals surface area contributed by atoms with Crippen LogP contribution < -0.4 is 10.1 Å². The van der Waals surface area contributed by atoms with E-state index in [2.05, 4.69) is 24.1 Å². The number of carbonyl (C=O) groups excluding carboxylic acids is 2. The highest BCUT2D eigenvalue weighted by atomic mass is 32.2. The van der Waals surface area contributed by atoms with Gasteiger partial charge in [0.15, 0.2) is 5.78 Å². The third kappa shape index (κ3) is 8.12. The fraction of sp³-hybridized carbons (Fsp3) is 0.519. The van der Waals surface area contributed by atoms with E-state index in [1.165, 1.54) is 6.07 Å². The summed E-state index contributed by atoms with van der Waals surface area (Å²) in [6, 6.07) is 8.98. The van der Waals surface area contributed by atoms with E-state index in [1.807, 2.05) is 24.5 Å². The number of ketones is 1. The summed E-state index contributed by atoms with van der Waals surface area (Å²) in [6.45, 7) is 4.10. The number of nitrogens with one attached hydrogen (secondary N) is 1. The summed E-state index contributed by atoms with van der Waals surface area (Å²) in [4.78, 5) is 30.0. The number of nitrogens with zero attached hydrogens (tertiary/aromatic N) is 1. The third-order valence-electron chi connectivity index (χ3n) is 6.20. The first-order valence-electron chi connectivity index (χ1n) is 12.1. The average Bonchev–Trinajstić information content (AvgIpc) is 2.81. The van der Waals surface area contributed by atoms with Gasteiger partial charge in [0.2, 0.25) is 11.8 Å². The zero-order valence-electron chi connectivity index (χ0n) is 20.3. The number of ether oxygens (including phenoxy) is 1. The van der Waals surface area contributed by atoms with Crippen LogP contribution in [0.3, 0.4) is 0 Å². The Balaban J connectivity index is 1.49. The van der Waals surface area contributed by atoms with Gasteiger partial charge in [-0.2, -0.15) is 0 Å². The molecule has 3 rings (SSSR count). The Morgan fingerprint density at radius 3 is 2.68 bits per heavy atom. The van der Waals surface area contributed by atoms with Gasteiger partial charge in [0.1, 0.15) is 11.6 Å². The largest absolute Gasteiger partial charge is 0.438 e. The van der Waals surface area contributed by atoms with E-state index in [9.17, 15) is 14.0 Å². The molecule has 0 atom stereocenters. The predicted molar refractivity (Wildman–Crippen MR) is 134 cm³/mol. The minimum absolute atomic E-state index is 0.141. The zero-order valence-corrected chi connectivity index (χ0v) is 21.1. The normalized spacial score (nSPS) is 18.0.